The summed E-state index contributed by atoms with van der Waals surface area (Å²) in [4.78, 5) is 16.9. The zero-order chi connectivity index (χ0) is 20.5. The number of nitrogens with zero attached hydrogens (tertiary/aromatic N) is 2. The van der Waals surface area contributed by atoms with E-state index in [0.29, 0.717) is 17.5 Å². The standard InChI is InChI=1S/C22H42N2O3/c1-20(2,3)27-19(26)23-13-10-18(14-23)24(15-22(6,7)16-25)17-8-11-21(4,5)12-9-17/h17-18,25H,8-16H2,1-7H3. The van der Waals surface area contributed by atoms with Gasteiger partial charge in [0.15, 0.2) is 0 Å². The molecular weight excluding hydrogens is 340 g/mol. The first-order valence-electron chi connectivity index (χ1n) is 10.7. The molecule has 1 saturated carbocycles. The lowest BCUT2D eigenvalue weighted by molar-refractivity contribution is 0.0145. The first-order valence-corrected chi connectivity index (χ1v) is 10.7. The Morgan fingerprint density at radius 1 is 1.11 bits per heavy atom. The van der Waals surface area contributed by atoms with Gasteiger partial charge in [-0.1, -0.05) is 27.7 Å². The molecule has 158 valence electrons. The van der Waals surface area contributed by atoms with Crippen molar-refractivity contribution in [2.45, 2.75) is 98.3 Å². The average Bonchev–Trinajstić information content (AvgIpc) is 3.01. The Hall–Kier alpha value is -0.810. The summed E-state index contributed by atoms with van der Waals surface area (Å²) in [6, 6.07) is 0.905. The molecule has 2 fully saturated rings. The average molecular weight is 383 g/mol. The van der Waals surface area contributed by atoms with Gasteiger partial charge in [0.25, 0.3) is 0 Å². The van der Waals surface area contributed by atoms with E-state index in [1.807, 2.05) is 25.7 Å². The van der Waals surface area contributed by atoms with Crippen LogP contribution in [0.25, 0.3) is 0 Å². The lowest BCUT2D eigenvalue weighted by Gasteiger charge is -2.45. The molecule has 0 aromatic rings. The van der Waals surface area contributed by atoms with E-state index >= 15 is 0 Å². The van der Waals surface area contributed by atoms with Crippen LogP contribution < -0.4 is 0 Å². The largest absolute Gasteiger partial charge is 0.444 e. The Balaban J connectivity index is 2.07. The molecule has 1 aliphatic heterocycles. The van der Waals surface area contributed by atoms with Crippen molar-refractivity contribution in [3.05, 3.63) is 0 Å². The van der Waals surface area contributed by atoms with Crippen LogP contribution in [0.2, 0.25) is 0 Å². The second-order valence-electron chi connectivity index (χ2n) is 11.3. The van der Waals surface area contributed by atoms with Crippen molar-refractivity contribution in [3.8, 4) is 0 Å². The van der Waals surface area contributed by atoms with Gasteiger partial charge in [-0.15, -0.1) is 0 Å². The molecule has 0 radical (unpaired) electrons. The number of hydrogen-bond donors (Lipinski definition) is 1. The van der Waals surface area contributed by atoms with Gasteiger partial charge in [0.1, 0.15) is 5.60 Å². The summed E-state index contributed by atoms with van der Waals surface area (Å²) in [5, 5.41) is 9.82. The quantitative estimate of drug-likeness (QED) is 0.771. The molecule has 1 unspecified atom stereocenters. The van der Waals surface area contributed by atoms with Gasteiger partial charge < -0.3 is 14.7 Å². The fraction of sp³-hybridized carbons (Fsp3) is 0.955. The summed E-state index contributed by atoms with van der Waals surface area (Å²) in [6.07, 6.45) is 5.69. The minimum absolute atomic E-state index is 0.133. The minimum Gasteiger partial charge on any atom is -0.444 e. The molecule has 1 aliphatic carbocycles. The van der Waals surface area contributed by atoms with Gasteiger partial charge >= 0.3 is 6.09 Å². The molecular formula is C22H42N2O3. The van der Waals surface area contributed by atoms with E-state index in [-0.39, 0.29) is 18.1 Å². The van der Waals surface area contributed by atoms with E-state index in [1.165, 1.54) is 25.7 Å². The molecule has 0 aromatic carbocycles. The van der Waals surface area contributed by atoms with E-state index in [4.69, 9.17) is 4.74 Å². The number of carbonyl (C=O) groups is 1. The van der Waals surface area contributed by atoms with E-state index < -0.39 is 5.60 Å². The van der Waals surface area contributed by atoms with Gasteiger partial charge in [-0.25, -0.2) is 4.79 Å². The third-order valence-corrected chi connectivity index (χ3v) is 6.10. The number of amides is 1. The van der Waals surface area contributed by atoms with Gasteiger partial charge in [0.05, 0.1) is 0 Å². The molecule has 5 heteroatoms. The van der Waals surface area contributed by atoms with Crippen LogP contribution in [0.4, 0.5) is 4.79 Å². The second-order valence-corrected chi connectivity index (χ2v) is 11.3. The Morgan fingerprint density at radius 2 is 1.70 bits per heavy atom. The number of carbonyl (C=O) groups excluding carboxylic acids is 1. The normalized spacial score (nSPS) is 24.5. The van der Waals surface area contributed by atoms with Crippen molar-refractivity contribution in [1.82, 2.24) is 9.80 Å². The van der Waals surface area contributed by atoms with Crippen molar-refractivity contribution in [1.29, 1.82) is 0 Å². The topological polar surface area (TPSA) is 53.0 Å². The molecule has 1 saturated heterocycles. The van der Waals surface area contributed by atoms with Crippen LogP contribution in [0.5, 0.6) is 0 Å². The summed E-state index contributed by atoms with van der Waals surface area (Å²) in [6.45, 7) is 17.3. The van der Waals surface area contributed by atoms with Crippen molar-refractivity contribution in [3.63, 3.8) is 0 Å². The fourth-order valence-electron chi connectivity index (χ4n) is 4.32. The second kappa shape index (κ2) is 8.28. The van der Waals surface area contributed by atoms with E-state index in [1.54, 1.807) is 0 Å². The highest BCUT2D eigenvalue weighted by Gasteiger charge is 2.39. The Labute approximate surface area is 166 Å². The lowest BCUT2D eigenvalue weighted by atomic mass is 9.74. The van der Waals surface area contributed by atoms with Crippen LogP contribution in [0.15, 0.2) is 0 Å². The van der Waals surface area contributed by atoms with Crippen LogP contribution >= 0.6 is 0 Å². The highest BCUT2D eigenvalue weighted by atomic mass is 16.6. The third kappa shape index (κ3) is 6.63. The molecule has 0 spiro atoms. The maximum Gasteiger partial charge on any atom is 0.410 e. The van der Waals surface area contributed by atoms with Crippen LogP contribution in [-0.2, 0) is 4.74 Å². The molecule has 27 heavy (non-hydrogen) atoms. The highest BCUT2D eigenvalue weighted by molar-refractivity contribution is 5.68. The summed E-state index contributed by atoms with van der Waals surface area (Å²) in [7, 11) is 0. The first-order chi connectivity index (χ1) is 12.3. The predicted octanol–water partition coefficient (Wildman–Crippen LogP) is 4.29. The summed E-state index contributed by atoms with van der Waals surface area (Å²) >= 11 is 0. The maximum absolute atomic E-state index is 12.5. The lowest BCUT2D eigenvalue weighted by Crippen LogP contribution is -2.51. The van der Waals surface area contributed by atoms with Crippen LogP contribution in [0.3, 0.4) is 0 Å². The van der Waals surface area contributed by atoms with Gasteiger partial charge in [0, 0.05) is 43.7 Å². The van der Waals surface area contributed by atoms with Crippen molar-refractivity contribution >= 4 is 6.09 Å². The van der Waals surface area contributed by atoms with Crippen LogP contribution in [-0.4, -0.2) is 64.9 Å². The van der Waals surface area contributed by atoms with Gasteiger partial charge in [-0.05, 0) is 58.3 Å². The van der Waals surface area contributed by atoms with Gasteiger partial charge in [-0.3, -0.25) is 4.90 Å². The number of rotatable bonds is 5. The number of ether oxygens (including phenoxy) is 1. The summed E-state index contributed by atoms with van der Waals surface area (Å²) in [5.74, 6) is 0. The number of hydrogen-bond acceptors (Lipinski definition) is 4. The van der Waals surface area contributed by atoms with E-state index in [9.17, 15) is 9.90 Å². The molecule has 0 bridgehead atoms. The fourth-order valence-corrected chi connectivity index (χ4v) is 4.32. The van der Waals surface area contributed by atoms with Crippen molar-refractivity contribution in [2.75, 3.05) is 26.2 Å². The zero-order valence-corrected chi connectivity index (χ0v) is 18.7. The van der Waals surface area contributed by atoms with Crippen LogP contribution in [0, 0.1) is 10.8 Å². The molecule has 5 nitrogen and oxygen atoms in total. The molecule has 1 N–H and O–H groups in total. The third-order valence-electron chi connectivity index (χ3n) is 6.10. The van der Waals surface area contributed by atoms with Gasteiger partial charge in [0.2, 0.25) is 0 Å². The first kappa shape index (κ1) is 22.5. The van der Waals surface area contributed by atoms with Crippen LogP contribution in [0.1, 0.15) is 80.6 Å². The Bertz CT molecular complexity index is 500. The highest BCUT2D eigenvalue weighted by Crippen LogP contribution is 2.39. The minimum atomic E-state index is -0.456. The predicted molar refractivity (Wildman–Crippen MR) is 110 cm³/mol. The SMILES string of the molecule is CC1(C)CCC(N(CC(C)(C)CO)C2CCN(C(=O)OC(C)(C)C)C2)CC1. The Kier molecular flexibility index (Phi) is 6.89. The summed E-state index contributed by atoms with van der Waals surface area (Å²) in [5.41, 5.74) is -0.151. The number of aliphatic hydroxyl groups is 1. The molecule has 2 aliphatic rings. The molecule has 1 heterocycles. The molecule has 1 amide bonds. The number of likely N-dealkylation sites (tertiary alicyclic amines) is 1. The van der Waals surface area contributed by atoms with E-state index in [2.05, 4.69) is 32.6 Å². The summed E-state index contributed by atoms with van der Waals surface area (Å²) < 4.78 is 5.57. The maximum atomic E-state index is 12.5. The monoisotopic (exact) mass is 382 g/mol. The zero-order valence-electron chi connectivity index (χ0n) is 18.7. The van der Waals surface area contributed by atoms with E-state index in [0.717, 1.165) is 26.1 Å². The molecule has 1 atom stereocenters. The molecule has 2 rings (SSSR count). The van der Waals surface area contributed by atoms with Crippen molar-refractivity contribution in [2.24, 2.45) is 10.8 Å². The van der Waals surface area contributed by atoms with Gasteiger partial charge in [-0.2, -0.15) is 0 Å². The van der Waals surface area contributed by atoms with Crippen molar-refractivity contribution < 1.29 is 14.6 Å². The Morgan fingerprint density at radius 3 is 2.22 bits per heavy atom. The smallest absolute Gasteiger partial charge is 0.410 e. The molecule has 0 aromatic heterocycles. The number of aliphatic hydroxyl groups excluding tert-OH is 1.